The van der Waals surface area contributed by atoms with Gasteiger partial charge < -0.3 is 10.0 Å². The predicted octanol–water partition coefficient (Wildman–Crippen LogP) is 1.80. The Kier molecular flexibility index (Phi) is 4.22. The van der Waals surface area contributed by atoms with Crippen LogP contribution in [0.15, 0.2) is 0 Å². The highest BCUT2D eigenvalue weighted by Crippen LogP contribution is 2.31. The summed E-state index contributed by atoms with van der Waals surface area (Å²) in [5.74, 6) is 1.30. The van der Waals surface area contributed by atoms with Gasteiger partial charge in [0, 0.05) is 26.1 Å². The molecule has 1 amide bonds. The fourth-order valence-electron chi connectivity index (χ4n) is 3.10. The van der Waals surface area contributed by atoms with Crippen LogP contribution in [-0.4, -0.2) is 35.6 Å². The van der Waals surface area contributed by atoms with Crippen LogP contribution in [0.25, 0.3) is 0 Å². The Balaban J connectivity index is 1.88. The second-order valence-corrected chi connectivity index (χ2v) is 5.28. The van der Waals surface area contributed by atoms with Crippen LogP contribution in [-0.2, 0) is 4.79 Å². The van der Waals surface area contributed by atoms with E-state index in [1.54, 1.807) is 0 Å². The van der Waals surface area contributed by atoms with Crippen molar-refractivity contribution in [3.8, 4) is 0 Å². The van der Waals surface area contributed by atoms with E-state index in [9.17, 15) is 9.90 Å². The van der Waals surface area contributed by atoms with E-state index in [4.69, 9.17) is 0 Å². The second-order valence-electron chi connectivity index (χ2n) is 5.28. The first-order valence-corrected chi connectivity index (χ1v) is 6.70. The van der Waals surface area contributed by atoms with Crippen LogP contribution in [0.4, 0.5) is 0 Å². The molecule has 92 valence electrons. The first-order valence-electron chi connectivity index (χ1n) is 6.70. The summed E-state index contributed by atoms with van der Waals surface area (Å²) in [6.45, 7) is 2.13. The molecular formula is C13H23NO2. The van der Waals surface area contributed by atoms with Gasteiger partial charge in [-0.25, -0.2) is 0 Å². The third-order valence-electron chi connectivity index (χ3n) is 4.18. The number of aliphatic hydroxyl groups is 1. The van der Waals surface area contributed by atoms with Gasteiger partial charge in [0.25, 0.3) is 0 Å². The molecule has 3 nitrogen and oxygen atoms in total. The molecular weight excluding hydrogens is 202 g/mol. The molecule has 2 aliphatic rings. The number of piperidine rings is 1. The van der Waals surface area contributed by atoms with Gasteiger partial charge in [-0.05, 0) is 37.5 Å². The normalized spacial score (nSPS) is 31.8. The number of rotatable bonds is 3. The first-order chi connectivity index (χ1) is 7.81. The fourth-order valence-corrected chi connectivity index (χ4v) is 3.10. The van der Waals surface area contributed by atoms with Crippen molar-refractivity contribution >= 4 is 5.91 Å². The Bertz CT molecular complexity index is 242. The van der Waals surface area contributed by atoms with Crippen LogP contribution in [0.5, 0.6) is 0 Å². The van der Waals surface area contributed by atoms with E-state index in [0.717, 1.165) is 38.8 Å². The Morgan fingerprint density at radius 3 is 2.56 bits per heavy atom. The molecule has 1 aliphatic carbocycles. The first kappa shape index (κ1) is 11.9. The highest BCUT2D eigenvalue weighted by Gasteiger charge is 2.28. The van der Waals surface area contributed by atoms with Gasteiger partial charge in [0.2, 0.25) is 5.91 Å². The minimum Gasteiger partial charge on any atom is -0.396 e. The van der Waals surface area contributed by atoms with Crippen LogP contribution in [0, 0.1) is 11.8 Å². The molecule has 1 aliphatic heterocycles. The molecule has 1 N–H and O–H groups in total. The SMILES string of the molecule is O=C1CCCCN1CC1CCCCC1CO. The Morgan fingerprint density at radius 2 is 1.88 bits per heavy atom. The zero-order valence-corrected chi connectivity index (χ0v) is 10.0. The summed E-state index contributed by atoms with van der Waals surface area (Å²) in [5.41, 5.74) is 0. The monoisotopic (exact) mass is 225 g/mol. The molecule has 1 saturated heterocycles. The lowest BCUT2D eigenvalue weighted by Crippen LogP contribution is -2.41. The third kappa shape index (κ3) is 2.76. The molecule has 16 heavy (non-hydrogen) atoms. The zero-order valence-electron chi connectivity index (χ0n) is 10.0. The molecule has 0 spiro atoms. The van der Waals surface area contributed by atoms with Gasteiger partial charge in [-0.15, -0.1) is 0 Å². The number of carbonyl (C=O) groups excluding carboxylic acids is 1. The van der Waals surface area contributed by atoms with E-state index < -0.39 is 0 Å². The van der Waals surface area contributed by atoms with Crippen molar-refractivity contribution in [1.29, 1.82) is 0 Å². The molecule has 2 atom stereocenters. The zero-order chi connectivity index (χ0) is 11.4. The number of carbonyl (C=O) groups is 1. The Morgan fingerprint density at radius 1 is 1.12 bits per heavy atom. The number of hydrogen-bond donors (Lipinski definition) is 1. The number of nitrogens with zero attached hydrogens (tertiary/aromatic N) is 1. The van der Waals surface area contributed by atoms with Crippen molar-refractivity contribution in [2.45, 2.75) is 44.9 Å². The lowest BCUT2D eigenvalue weighted by molar-refractivity contribution is -0.134. The van der Waals surface area contributed by atoms with Gasteiger partial charge in [0.15, 0.2) is 0 Å². The predicted molar refractivity (Wildman–Crippen MR) is 63.0 cm³/mol. The van der Waals surface area contributed by atoms with E-state index in [-0.39, 0.29) is 0 Å². The van der Waals surface area contributed by atoms with Crippen LogP contribution in [0.2, 0.25) is 0 Å². The van der Waals surface area contributed by atoms with Crippen LogP contribution >= 0.6 is 0 Å². The van der Waals surface area contributed by atoms with Gasteiger partial charge in [-0.1, -0.05) is 12.8 Å². The summed E-state index contributed by atoms with van der Waals surface area (Å²) in [6, 6.07) is 0. The van der Waals surface area contributed by atoms with Crippen LogP contribution in [0.1, 0.15) is 44.9 Å². The van der Waals surface area contributed by atoms with Crippen molar-refractivity contribution < 1.29 is 9.90 Å². The molecule has 2 rings (SSSR count). The highest BCUT2D eigenvalue weighted by molar-refractivity contribution is 5.76. The summed E-state index contributed by atoms with van der Waals surface area (Å²) in [4.78, 5) is 13.8. The molecule has 1 heterocycles. The van der Waals surface area contributed by atoms with Gasteiger partial charge >= 0.3 is 0 Å². The van der Waals surface area contributed by atoms with Crippen molar-refractivity contribution in [3.63, 3.8) is 0 Å². The van der Waals surface area contributed by atoms with Gasteiger partial charge in [0.1, 0.15) is 0 Å². The van der Waals surface area contributed by atoms with Gasteiger partial charge in [-0.3, -0.25) is 4.79 Å². The molecule has 0 bridgehead atoms. The molecule has 3 heteroatoms. The number of hydrogen-bond acceptors (Lipinski definition) is 2. The van der Waals surface area contributed by atoms with E-state index in [0.29, 0.717) is 24.3 Å². The summed E-state index contributed by atoms with van der Waals surface area (Å²) < 4.78 is 0. The summed E-state index contributed by atoms with van der Waals surface area (Å²) in [6.07, 6.45) is 7.79. The summed E-state index contributed by atoms with van der Waals surface area (Å²) in [7, 11) is 0. The molecule has 0 aromatic heterocycles. The Hall–Kier alpha value is -0.570. The van der Waals surface area contributed by atoms with E-state index >= 15 is 0 Å². The molecule has 0 aromatic carbocycles. The minimum atomic E-state index is 0.298. The van der Waals surface area contributed by atoms with Crippen LogP contribution in [0.3, 0.4) is 0 Å². The maximum Gasteiger partial charge on any atom is 0.222 e. The standard InChI is InChI=1S/C13H23NO2/c15-10-12-6-2-1-5-11(12)9-14-8-4-3-7-13(14)16/h11-12,15H,1-10H2. The van der Waals surface area contributed by atoms with Gasteiger partial charge in [-0.2, -0.15) is 0 Å². The number of likely N-dealkylation sites (tertiary alicyclic amines) is 1. The molecule has 2 unspecified atom stereocenters. The summed E-state index contributed by atoms with van der Waals surface area (Å²) in [5, 5.41) is 9.35. The molecule has 0 radical (unpaired) electrons. The maximum atomic E-state index is 11.7. The maximum absolute atomic E-state index is 11.7. The second kappa shape index (κ2) is 5.67. The van der Waals surface area contributed by atoms with Crippen LogP contribution < -0.4 is 0 Å². The van der Waals surface area contributed by atoms with Gasteiger partial charge in [0.05, 0.1) is 0 Å². The smallest absolute Gasteiger partial charge is 0.222 e. The highest BCUT2D eigenvalue weighted by atomic mass is 16.3. The molecule has 1 saturated carbocycles. The Labute approximate surface area is 97.8 Å². The number of amides is 1. The topological polar surface area (TPSA) is 40.5 Å². The average Bonchev–Trinajstić information content (AvgIpc) is 2.33. The van der Waals surface area contributed by atoms with E-state index in [2.05, 4.69) is 0 Å². The summed E-state index contributed by atoms with van der Waals surface area (Å²) >= 11 is 0. The van der Waals surface area contributed by atoms with E-state index in [1.807, 2.05) is 4.90 Å². The van der Waals surface area contributed by atoms with Crippen molar-refractivity contribution in [1.82, 2.24) is 4.90 Å². The minimum absolute atomic E-state index is 0.298. The van der Waals surface area contributed by atoms with Crippen molar-refractivity contribution in [3.05, 3.63) is 0 Å². The van der Waals surface area contributed by atoms with Crippen molar-refractivity contribution in [2.24, 2.45) is 11.8 Å². The lowest BCUT2D eigenvalue weighted by Gasteiger charge is -2.36. The molecule has 2 fully saturated rings. The number of aliphatic hydroxyl groups excluding tert-OH is 1. The third-order valence-corrected chi connectivity index (χ3v) is 4.18. The fraction of sp³-hybridized carbons (Fsp3) is 0.923. The lowest BCUT2D eigenvalue weighted by atomic mass is 9.79. The quantitative estimate of drug-likeness (QED) is 0.795. The van der Waals surface area contributed by atoms with E-state index in [1.165, 1.54) is 19.3 Å². The largest absolute Gasteiger partial charge is 0.396 e. The molecule has 0 aromatic rings. The van der Waals surface area contributed by atoms with Crippen molar-refractivity contribution in [2.75, 3.05) is 19.7 Å². The average molecular weight is 225 g/mol.